The van der Waals surface area contributed by atoms with Gasteiger partial charge < -0.3 is 10.5 Å². The second-order valence-corrected chi connectivity index (χ2v) is 6.35. The summed E-state index contributed by atoms with van der Waals surface area (Å²) in [6, 6.07) is 14.1. The molecule has 25 heavy (non-hydrogen) atoms. The quantitative estimate of drug-likeness (QED) is 0.474. The van der Waals surface area contributed by atoms with Gasteiger partial charge >= 0.3 is 5.97 Å². The van der Waals surface area contributed by atoms with Gasteiger partial charge in [0.1, 0.15) is 9.39 Å². The molecule has 0 fully saturated rings. The molecule has 0 spiro atoms. The summed E-state index contributed by atoms with van der Waals surface area (Å²) in [5.74, 6) is -0.850. The van der Waals surface area contributed by atoms with Crippen molar-refractivity contribution in [3.05, 3.63) is 63.4 Å². The number of nitrogens with zero attached hydrogens (tertiary/aromatic N) is 1. The number of esters is 1. The number of primary amides is 1. The molecule has 3 rings (SSSR count). The molecule has 1 aromatic heterocycles. The third-order valence-corrected chi connectivity index (χ3v) is 4.54. The molecule has 126 valence electrons. The van der Waals surface area contributed by atoms with Crippen molar-refractivity contribution < 1.29 is 14.3 Å². The fraction of sp³-hybridized carbons (Fsp3) is 0.0556. The molecule has 0 radical (unpaired) electrons. The number of nitrogens with one attached hydrogen (secondary N) is 1. The molecule has 3 N–H and O–H groups in total. The van der Waals surface area contributed by atoms with E-state index >= 15 is 0 Å². The van der Waals surface area contributed by atoms with Crippen LogP contribution in [0.4, 0.5) is 0 Å². The summed E-state index contributed by atoms with van der Waals surface area (Å²) in [5.41, 5.74) is 9.66. The molecule has 7 heteroatoms. The number of halogens is 1. The van der Waals surface area contributed by atoms with Gasteiger partial charge in [0.2, 0.25) is 5.91 Å². The number of hydrogen-bond acceptors (Lipinski definition) is 4. The van der Waals surface area contributed by atoms with E-state index < -0.39 is 5.91 Å². The van der Waals surface area contributed by atoms with E-state index in [0.29, 0.717) is 11.1 Å². The van der Waals surface area contributed by atoms with Crippen LogP contribution in [0.25, 0.3) is 22.4 Å². The fourth-order valence-corrected chi connectivity index (χ4v) is 3.16. The number of nitrogens with two attached hydrogens (primary N) is 1. The minimum Gasteiger partial charge on any atom is -0.465 e. The topological polar surface area (TPSA) is 98.1 Å². The summed E-state index contributed by atoms with van der Waals surface area (Å²) >= 11 is 2.17. The van der Waals surface area contributed by atoms with Crippen LogP contribution in [-0.2, 0) is 4.74 Å². The van der Waals surface area contributed by atoms with Crippen molar-refractivity contribution in [2.75, 3.05) is 7.11 Å². The average molecular weight is 447 g/mol. The number of hydrogen-bond donors (Lipinski definition) is 2. The van der Waals surface area contributed by atoms with E-state index in [4.69, 9.17) is 10.5 Å². The van der Waals surface area contributed by atoms with Crippen molar-refractivity contribution in [2.45, 2.75) is 0 Å². The van der Waals surface area contributed by atoms with Crippen LogP contribution in [0.3, 0.4) is 0 Å². The molecule has 0 aliphatic rings. The molecule has 3 aromatic rings. The SMILES string of the molecule is COC(=O)c1ccc(-c2n[nH]c(I)c2-c2ccc(C(N)=O)cc2)cc1. The zero-order chi connectivity index (χ0) is 18.0. The Labute approximate surface area is 157 Å². The molecule has 6 nitrogen and oxygen atoms in total. The lowest BCUT2D eigenvalue weighted by Gasteiger charge is -2.06. The summed E-state index contributed by atoms with van der Waals surface area (Å²) in [6.07, 6.45) is 0. The normalized spacial score (nSPS) is 10.5. The van der Waals surface area contributed by atoms with Crippen molar-refractivity contribution in [3.63, 3.8) is 0 Å². The summed E-state index contributed by atoms with van der Waals surface area (Å²) in [7, 11) is 1.35. The highest BCUT2D eigenvalue weighted by atomic mass is 127. The molecule has 0 bridgehead atoms. The molecular weight excluding hydrogens is 433 g/mol. The molecule has 1 amide bonds. The standard InChI is InChI=1S/C18H14IN3O3/c1-25-18(24)13-8-4-11(5-9-13)15-14(16(19)22-21-15)10-2-6-12(7-3-10)17(20)23/h2-9H,1H3,(H2,20,23)(H,21,22). The monoisotopic (exact) mass is 447 g/mol. The number of aromatic nitrogens is 2. The van der Waals surface area contributed by atoms with Crippen LogP contribution in [0.5, 0.6) is 0 Å². The molecule has 0 aliphatic heterocycles. The van der Waals surface area contributed by atoms with E-state index in [2.05, 4.69) is 32.8 Å². The number of H-pyrrole nitrogens is 1. The van der Waals surface area contributed by atoms with Gasteiger partial charge in [-0.25, -0.2) is 4.79 Å². The Balaban J connectivity index is 2.02. The Morgan fingerprint density at radius 2 is 1.56 bits per heavy atom. The summed E-state index contributed by atoms with van der Waals surface area (Å²) in [6.45, 7) is 0. The minimum atomic E-state index is -0.466. The highest BCUT2D eigenvalue weighted by Gasteiger charge is 2.16. The Morgan fingerprint density at radius 1 is 1.00 bits per heavy atom. The number of carbonyl (C=O) groups excluding carboxylic acids is 2. The van der Waals surface area contributed by atoms with Crippen molar-refractivity contribution in [3.8, 4) is 22.4 Å². The van der Waals surface area contributed by atoms with Gasteiger partial charge in [0.15, 0.2) is 0 Å². The van der Waals surface area contributed by atoms with E-state index in [-0.39, 0.29) is 5.97 Å². The maximum absolute atomic E-state index is 11.6. The van der Waals surface area contributed by atoms with Gasteiger partial charge in [-0.05, 0) is 52.4 Å². The molecule has 0 aliphatic carbocycles. The van der Waals surface area contributed by atoms with Crippen LogP contribution in [0.2, 0.25) is 0 Å². The molecule has 0 saturated carbocycles. The number of methoxy groups -OCH3 is 1. The Bertz CT molecular complexity index is 931. The van der Waals surface area contributed by atoms with Gasteiger partial charge in [0.05, 0.1) is 12.7 Å². The highest BCUT2D eigenvalue weighted by Crippen LogP contribution is 2.34. The van der Waals surface area contributed by atoms with Crippen molar-refractivity contribution in [2.24, 2.45) is 5.73 Å². The number of benzene rings is 2. The molecule has 0 saturated heterocycles. The lowest BCUT2D eigenvalue weighted by Crippen LogP contribution is -2.10. The number of carbonyl (C=O) groups is 2. The van der Waals surface area contributed by atoms with Crippen LogP contribution < -0.4 is 5.73 Å². The fourth-order valence-electron chi connectivity index (χ4n) is 2.48. The smallest absolute Gasteiger partial charge is 0.337 e. The van der Waals surface area contributed by atoms with Gasteiger partial charge in [-0.2, -0.15) is 5.10 Å². The number of amides is 1. The van der Waals surface area contributed by atoms with E-state index in [1.165, 1.54) is 7.11 Å². The van der Waals surface area contributed by atoms with E-state index in [0.717, 1.165) is 26.1 Å². The second-order valence-electron chi connectivity index (χ2n) is 5.27. The van der Waals surface area contributed by atoms with E-state index in [9.17, 15) is 9.59 Å². The lowest BCUT2D eigenvalue weighted by molar-refractivity contribution is 0.0600. The first kappa shape index (κ1) is 17.2. The third kappa shape index (κ3) is 3.41. The van der Waals surface area contributed by atoms with Crippen molar-refractivity contribution >= 4 is 34.5 Å². The van der Waals surface area contributed by atoms with Gasteiger partial charge in [0.25, 0.3) is 0 Å². The first-order valence-corrected chi connectivity index (χ1v) is 8.42. The van der Waals surface area contributed by atoms with Crippen LogP contribution in [0.1, 0.15) is 20.7 Å². The first-order chi connectivity index (χ1) is 12.0. The van der Waals surface area contributed by atoms with Crippen molar-refractivity contribution in [1.82, 2.24) is 10.2 Å². The first-order valence-electron chi connectivity index (χ1n) is 7.34. The van der Waals surface area contributed by atoms with E-state index in [1.54, 1.807) is 24.3 Å². The summed E-state index contributed by atoms with van der Waals surface area (Å²) < 4.78 is 5.58. The van der Waals surface area contributed by atoms with Crippen LogP contribution in [-0.4, -0.2) is 29.2 Å². The van der Waals surface area contributed by atoms with Crippen LogP contribution in [0, 0.1) is 3.70 Å². The largest absolute Gasteiger partial charge is 0.465 e. The molecular formula is C18H14IN3O3. The van der Waals surface area contributed by atoms with Gasteiger partial charge in [-0.15, -0.1) is 0 Å². The number of rotatable bonds is 4. The van der Waals surface area contributed by atoms with Crippen LogP contribution >= 0.6 is 22.6 Å². The zero-order valence-corrected chi connectivity index (χ0v) is 15.4. The van der Waals surface area contributed by atoms with Gasteiger partial charge in [-0.1, -0.05) is 24.3 Å². The Hall–Kier alpha value is -2.68. The Morgan fingerprint density at radius 3 is 2.12 bits per heavy atom. The average Bonchev–Trinajstić information content (AvgIpc) is 3.02. The highest BCUT2D eigenvalue weighted by molar-refractivity contribution is 14.1. The van der Waals surface area contributed by atoms with Gasteiger partial charge in [0, 0.05) is 16.7 Å². The third-order valence-electron chi connectivity index (χ3n) is 3.76. The lowest BCUT2D eigenvalue weighted by atomic mass is 10.00. The molecule has 0 atom stereocenters. The maximum Gasteiger partial charge on any atom is 0.337 e. The van der Waals surface area contributed by atoms with Crippen LogP contribution in [0.15, 0.2) is 48.5 Å². The Kier molecular flexibility index (Phi) is 4.84. The predicted molar refractivity (Wildman–Crippen MR) is 102 cm³/mol. The zero-order valence-electron chi connectivity index (χ0n) is 13.2. The minimum absolute atomic E-state index is 0.384. The predicted octanol–water partition coefficient (Wildman–Crippen LogP) is 3.23. The maximum atomic E-state index is 11.6. The number of ether oxygens (including phenoxy) is 1. The summed E-state index contributed by atoms with van der Waals surface area (Å²) in [4.78, 5) is 22.8. The second kappa shape index (κ2) is 7.06. The van der Waals surface area contributed by atoms with Crippen molar-refractivity contribution in [1.29, 1.82) is 0 Å². The summed E-state index contributed by atoms with van der Waals surface area (Å²) in [5, 5.41) is 7.35. The number of aromatic amines is 1. The van der Waals surface area contributed by atoms with E-state index in [1.807, 2.05) is 24.3 Å². The van der Waals surface area contributed by atoms with Gasteiger partial charge in [-0.3, -0.25) is 9.89 Å². The molecule has 1 heterocycles. The molecule has 0 unspecified atom stereocenters. The molecule has 2 aromatic carbocycles.